The van der Waals surface area contributed by atoms with E-state index in [1.165, 1.54) is 32.1 Å². The Bertz CT molecular complexity index is 385. The fourth-order valence-corrected chi connectivity index (χ4v) is 2.17. The molecule has 0 aliphatic heterocycles. The van der Waals surface area contributed by atoms with E-state index in [0.717, 1.165) is 17.7 Å². The molecule has 0 saturated carbocycles. The van der Waals surface area contributed by atoms with E-state index in [9.17, 15) is 4.79 Å². The number of carbonyl (C=O) groups excluding carboxylic acids is 1. The smallest absolute Gasteiger partial charge is 0.162 e. The van der Waals surface area contributed by atoms with Crippen LogP contribution in [0.25, 0.3) is 0 Å². The summed E-state index contributed by atoms with van der Waals surface area (Å²) in [6.07, 6.45) is 8.05. The molecule has 19 heavy (non-hydrogen) atoms. The lowest BCUT2D eigenvalue weighted by Crippen LogP contribution is -2.09. The fourth-order valence-electron chi connectivity index (χ4n) is 2.17. The normalized spacial score (nSPS) is 10.5. The van der Waals surface area contributed by atoms with Crippen molar-refractivity contribution in [3.8, 4) is 0 Å². The molecular weight excluding hydrogens is 234 g/mol. The Kier molecular flexibility index (Phi) is 7.24. The summed E-state index contributed by atoms with van der Waals surface area (Å²) < 4.78 is 0. The average molecular weight is 261 g/mol. The van der Waals surface area contributed by atoms with Gasteiger partial charge in [-0.1, -0.05) is 51.2 Å². The lowest BCUT2D eigenvalue weighted by molar-refractivity contribution is 0.0979. The number of unbranched alkanes of at least 4 members (excludes halogenated alkanes) is 5. The van der Waals surface area contributed by atoms with Crippen LogP contribution in [0.5, 0.6) is 0 Å². The number of hydrogen-bond donors (Lipinski definition) is 0. The van der Waals surface area contributed by atoms with Crippen molar-refractivity contribution in [2.45, 2.75) is 51.9 Å². The third-order valence-electron chi connectivity index (χ3n) is 3.44. The van der Waals surface area contributed by atoms with E-state index in [0.29, 0.717) is 6.42 Å². The van der Waals surface area contributed by atoms with Crippen molar-refractivity contribution in [2.75, 3.05) is 19.0 Å². The number of anilines is 1. The predicted molar refractivity (Wildman–Crippen MR) is 83.1 cm³/mol. The first-order valence-corrected chi connectivity index (χ1v) is 7.45. The minimum Gasteiger partial charge on any atom is -0.378 e. The van der Waals surface area contributed by atoms with Crippen LogP contribution in [0.3, 0.4) is 0 Å². The topological polar surface area (TPSA) is 20.3 Å². The Balaban J connectivity index is 2.35. The van der Waals surface area contributed by atoms with Gasteiger partial charge in [-0.3, -0.25) is 4.79 Å². The van der Waals surface area contributed by atoms with Gasteiger partial charge in [-0.2, -0.15) is 0 Å². The van der Waals surface area contributed by atoms with Crippen LogP contribution < -0.4 is 4.90 Å². The van der Waals surface area contributed by atoms with Gasteiger partial charge in [0.1, 0.15) is 0 Å². The van der Waals surface area contributed by atoms with Crippen LogP contribution in [0.4, 0.5) is 5.69 Å². The van der Waals surface area contributed by atoms with Crippen molar-refractivity contribution in [1.29, 1.82) is 0 Å². The third-order valence-corrected chi connectivity index (χ3v) is 3.44. The Morgan fingerprint density at radius 2 is 1.74 bits per heavy atom. The maximum Gasteiger partial charge on any atom is 0.162 e. The molecular formula is C17H27NO. The second kappa shape index (κ2) is 8.73. The molecule has 0 spiro atoms. The minimum atomic E-state index is 0.277. The van der Waals surface area contributed by atoms with Crippen LogP contribution in [0, 0.1) is 0 Å². The number of rotatable bonds is 9. The summed E-state index contributed by atoms with van der Waals surface area (Å²) in [5.74, 6) is 0.277. The van der Waals surface area contributed by atoms with Gasteiger partial charge in [0.15, 0.2) is 5.78 Å². The highest BCUT2D eigenvalue weighted by atomic mass is 16.1. The fraction of sp³-hybridized carbons (Fsp3) is 0.588. The van der Waals surface area contributed by atoms with Crippen molar-refractivity contribution < 1.29 is 4.79 Å². The summed E-state index contributed by atoms with van der Waals surface area (Å²) in [6.45, 7) is 2.22. The summed E-state index contributed by atoms with van der Waals surface area (Å²) in [4.78, 5) is 14.1. The van der Waals surface area contributed by atoms with Gasteiger partial charge in [0.05, 0.1) is 0 Å². The summed E-state index contributed by atoms with van der Waals surface area (Å²) >= 11 is 0. The minimum absolute atomic E-state index is 0.277. The lowest BCUT2D eigenvalue weighted by Gasteiger charge is -2.13. The van der Waals surface area contributed by atoms with Crippen molar-refractivity contribution in [3.63, 3.8) is 0 Å². The van der Waals surface area contributed by atoms with Crippen LogP contribution in [0.2, 0.25) is 0 Å². The molecule has 2 heteroatoms. The molecule has 106 valence electrons. The largest absolute Gasteiger partial charge is 0.378 e. The highest BCUT2D eigenvalue weighted by molar-refractivity contribution is 5.96. The molecule has 2 nitrogen and oxygen atoms in total. The zero-order valence-electron chi connectivity index (χ0n) is 12.6. The number of nitrogens with zero attached hydrogens (tertiary/aromatic N) is 1. The molecule has 0 radical (unpaired) electrons. The monoisotopic (exact) mass is 261 g/mol. The van der Waals surface area contributed by atoms with E-state index in [1.807, 2.05) is 43.3 Å². The number of carbonyl (C=O) groups is 1. The molecule has 0 heterocycles. The highest BCUT2D eigenvalue weighted by Gasteiger charge is 2.06. The van der Waals surface area contributed by atoms with E-state index in [1.54, 1.807) is 0 Å². The molecule has 0 aromatic heterocycles. The molecule has 0 bridgehead atoms. The molecule has 0 fully saturated rings. The number of ketones is 1. The van der Waals surface area contributed by atoms with Gasteiger partial charge >= 0.3 is 0 Å². The first-order chi connectivity index (χ1) is 9.15. The Morgan fingerprint density at radius 3 is 2.42 bits per heavy atom. The molecule has 1 rings (SSSR count). The maximum atomic E-state index is 12.1. The quantitative estimate of drug-likeness (QED) is 0.475. The average Bonchev–Trinajstić information content (AvgIpc) is 2.42. The van der Waals surface area contributed by atoms with Gasteiger partial charge < -0.3 is 4.90 Å². The second-order valence-electron chi connectivity index (χ2n) is 5.39. The SMILES string of the molecule is CCCCCCCCC(=O)c1cccc(N(C)C)c1. The van der Waals surface area contributed by atoms with E-state index in [2.05, 4.69) is 6.92 Å². The van der Waals surface area contributed by atoms with Gasteiger partial charge in [0.2, 0.25) is 0 Å². The lowest BCUT2D eigenvalue weighted by atomic mass is 10.0. The van der Waals surface area contributed by atoms with Crippen LogP contribution in [-0.2, 0) is 0 Å². The molecule has 1 aromatic carbocycles. The number of benzene rings is 1. The van der Waals surface area contributed by atoms with Crippen molar-refractivity contribution >= 4 is 11.5 Å². The predicted octanol–water partition coefficient (Wildman–Crippen LogP) is 4.69. The molecule has 1 aromatic rings. The van der Waals surface area contributed by atoms with Gasteiger partial charge in [-0.15, -0.1) is 0 Å². The molecule has 0 N–H and O–H groups in total. The van der Waals surface area contributed by atoms with E-state index >= 15 is 0 Å². The van der Waals surface area contributed by atoms with Crippen LogP contribution in [0.15, 0.2) is 24.3 Å². The summed E-state index contributed by atoms with van der Waals surface area (Å²) in [6, 6.07) is 7.90. The zero-order valence-corrected chi connectivity index (χ0v) is 12.6. The number of Topliss-reactive ketones (excluding diaryl/α,β-unsaturated/α-hetero) is 1. The van der Waals surface area contributed by atoms with Crippen molar-refractivity contribution in [3.05, 3.63) is 29.8 Å². The van der Waals surface area contributed by atoms with E-state index < -0.39 is 0 Å². The second-order valence-corrected chi connectivity index (χ2v) is 5.39. The highest BCUT2D eigenvalue weighted by Crippen LogP contribution is 2.16. The van der Waals surface area contributed by atoms with Crippen LogP contribution >= 0.6 is 0 Å². The molecule has 0 unspecified atom stereocenters. The molecule has 0 amide bonds. The van der Waals surface area contributed by atoms with Gasteiger partial charge in [0.25, 0.3) is 0 Å². The molecule has 0 atom stereocenters. The number of hydrogen-bond acceptors (Lipinski definition) is 2. The van der Waals surface area contributed by atoms with Crippen molar-refractivity contribution in [2.24, 2.45) is 0 Å². The summed E-state index contributed by atoms with van der Waals surface area (Å²) in [5.41, 5.74) is 1.94. The molecule has 0 saturated heterocycles. The standard InChI is InChI=1S/C17H27NO/c1-4-5-6-7-8-9-13-17(19)15-11-10-12-16(14-15)18(2)3/h10-12,14H,4-9,13H2,1-3H3. The van der Waals surface area contributed by atoms with Crippen LogP contribution in [0.1, 0.15) is 62.2 Å². The summed E-state index contributed by atoms with van der Waals surface area (Å²) in [5, 5.41) is 0. The van der Waals surface area contributed by atoms with E-state index in [4.69, 9.17) is 0 Å². The Labute approximate surface area is 117 Å². The first kappa shape index (κ1) is 15.7. The first-order valence-electron chi connectivity index (χ1n) is 7.45. The Hall–Kier alpha value is -1.31. The molecule has 0 aliphatic rings. The molecule has 0 aliphatic carbocycles. The maximum absolute atomic E-state index is 12.1. The summed E-state index contributed by atoms with van der Waals surface area (Å²) in [7, 11) is 3.99. The Morgan fingerprint density at radius 1 is 1.05 bits per heavy atom. The van der Waals surface area contributed by atoms with Gasteiger partial charge in [0, 0.05) is 31.8 Å². The van der Waals surface area contributed by atoms with E-state index in [-0.39, 0.29) is 5.78 Å². The van der Waals surface area contributed by atoms with Crippen LogP contribution in [-0.4, -0.2) is 19.9 Å². The van der Waals surface area contributed by atoms with Gasteiger partial charge in [-0.25, -0.2) is 0 Å². The van der Waals surface area contributed by atoms with Gasteiger partial charge in [-0.05, 0) is 18.6 Å². The van der Waals surface area contributed by atoms with Crippen molar-refractivity contribution in [1.82, 2.24) is 0 Å². The zero-order chi connectivity index (χ0) is 14.1. The third kappa shape index (κ3) is 5.91.